The topological polar surface area (TPSA) is 75.1 Å². The van der Waals surface area contributed by atoms with E-state index >= 15 is 0 Å². The van der Waals surface area contributed by atoms with Crippen LogP contribution in [-0.2, 0) is 13.1 Å². The maximum atomic E-state index is 13.5. The maximum Gasteiger partial charge on any atom is 0.191 e. The van der Waals surface area contributed by atoms with Crippen molar-refractivity contribution < 1.29 is 19.0 Å². The van der Waals surface area contributed by atoms with Crippen molar-refractivity contribution in [2.45, 2.75) is 51.8 Å². The SMILES string of the molecule is CCNC(=NCc1ccc(O)c(F)c1)NCc1cccc(OC)c1OC1CCCC1.I. The summed E-state index contributed by atoms with van der Waals surface area (Å²) in [7, 11) is 1.65. The lowest BCUT2D eigenvalue weighted by atomic mass is 10.1. The summed E-state index contributed by atoms with van der Waals surface area (Å²) in [5.41, 5.74) is 1.66. The van der Waals surface area contributed by atoms with Crippen molar-refractivity contribution in [1.82, 2.24) is 10.6 Å². The molecule has 0 aromatic heterocycles. The van der Waals surface area contributed by atoms with Crippen LogP contribution in [0.15, 0.2) is 41.4 Å². The molecule has 0 unspecified atom stereocenters. The van der Waals surface area contributed by atoms with E-state index in [9.17, 15) is 9.50 Å². The molecule has 6 nitrogen and oxygen atoms in total. The van der Waals surface area contributed by atoms with E-state index in [1.54, 1.807) is 13.2 Å². The second-order valence-corrected chi connectivity index (χ2v) is 7.31. The minimum Gasteiger partial charge on any atom is -0.505 e. The molecular formula is C23H31FIN3O3. The van der Waals surface area contributed by atoms with E-state index in [0.29, 0.717) is 24.6 Å². The van der Waals surface area contributed by atoms with E-state index in [2.05, 4.69) is 15.6 Å². The fraction of sp³-hybridized carbons (Fsp3) is 0.435. The maximum absolute atomic E-state index is 13.5. The molecule has 2 aromatic carbocycles. The van der Waals surface area contributed by atoms with Crippen molar-refractivity contribution in [3.63, 3.8) is 0 Å². The monoisotopic (exact) mass is 543 g/mol. The molecule has 0 radical (unpaired) electrons. The number of para-hydroxylation sites is 1. The first-order valence-electron chi connectivity index (χ1n) is 10.4. The molecule has 1 fully saturated rings. The summed E-state index contributed by atoms with van der Waals surface area (Å²) >= 11 is 0. The molecule has 0 bridgehead atoms. The normalized spacial score (nSPS) is 14.1. The third-order valence-electron chi connectivity index (χ3n) is 5.09. The highest BCUT2D eigenvalue weighted by Gasteiger charge is 2.20. The van der Waals surface area contributed by atoms with Crippen molar-refractivity contribution in [3.05, 3.63) is 53.3 Å². The van der Waals surface area contributed by atoms with Crippen LogP contribution in [0, 0.1) is 5.82 Å². The van der Waals surface area contributed by atoms with E-state index in [-0.39, 0.29) is 42.4 Å². The summed E-state index contributed by atoms with van der Waals surface area (Å²) < 4.78 is 25.4. The predicted molar refractivity (Wildman–Crippen MR) is 131 cm³/mol. The van der Waals surface area contributed by atoms with E-state index in [1.165, 1.54) is 25.0 Å². The minimum atomic E-state index is -0.647. The summed E-state index contributed by atoms with van der Waals surface area (Å²) in [4.78, 5) is 4.52. The average molecular weight is 543 g/mol. The number of aliphatic imine (C=N–C) groups is 1. The summed E-state index contributed by atoms with van der Waals surface area (Å²) in [5, 5.41) is 15.8. The number of nitrogens with one attached hydrogen (secondary N) is 2. The summed E-state index contributed by atoms with van der Waals surface area (Å²) in [6.07, 6.45) is 4.76. The number of ether oxygens (including phenoxy) is 2. The van der Waals surface area contributed by atoms with Gasteiger partial charge in [-0.3, -0.25) is 0 Å². The standard InChI is InChI=1S/C23H30FN3O3.HI/c1-3-25-23(26-14-16-11-12-20(28)19(24)13-16)27-15-17-7-6-10-21(29-2)22(17)30-18-8-4-5-9-18;/h6-7,10-13,18,28H,3-5,8-9,14-15H2,1-2H3,(H2,25,26,27);1H. The third kappa shape index (κ3) is 7.15. The highest BCUT2D eigenvalue weighted by atomic mass is 127. The number of hydrogen-bond acceptors (Lipinski definition) is 4. The Morgan fingerprint density at radius 2 is 1.97 bits per heavy atom. The highest BCUT2D eigenvalue weighted by Crippen LogP contribution is 2.34. The Kier molecular flexibility index (Phi) is 10.2. The molecule has 1 aliphatic carbocycles. The first kappa shape index (κ1) is 25.0. The smallest absolute Gasteiger partial charge is 0.191 e. The number of guanidine groups is 1. The van der Waals surface area contributed by atoms with Gasteiger partial charge in [-0.25, -0.2) is 9.38 Å². The van der Waals surface area contributed by atoms with Gasteiger partial charge in [-0.2, -0.15) is 0 Å². The third-order valence-corrected chi connectivity index (χ3v) is 5.09. The number of methoxy groups -OCH3 is 1. The van der Waals surface area contributed by atoms with Gasteiger partial charge in [-0.1, -0.05) is 18.2 Å². The van der Waals surface area contributed by atoms with Gasteiger partial charge in [0.1, 0.15) is 0 Å². The molecule has 0 heterocycles. The number of rotatable bonds is 8. The number of phenols is 1. The van der Waals surface area contributed by atoms with Gasteiger partial charge >= 0.3 is 0 Å². The molecule has 31 heavy (non-hydrogen) atoms. The Bertz CT molecular complexity index is 873. The Balaban J connectivity index is 0.00000341. The molecule has 0 amide bonds. The zero-order chi connectivity index (χ0) is 21.3. The van der Waals surface area contributed by atoms with Crippen LogP contribution in [0.3, 0.4) is 0 Å². The lowest BCUT2D eigenvalue weighted by Crippen LogP contribution is -2.37. The summed E-state index contributed by atoms with van der Waals surface area (Å²) in [5.74, 6) is 1.10. The van der Waals surface area contributed by atoms with Gasteiger partial charge in [-0.15, -0.1) is 24.0 Å². The van der Waals surface area contributed by atoms with Crippen LogP contribution in [0.25, 0.3) is 0 Å². The van der Waals surface area contributed by atoms with Crippen LogP contribution in [0.1, 0.15) is 43.7 Å². The van der Waals surface area contributed by atoms with Crippen molar-refractivity contribution in [1.29, 1.82) is 0 Å². The molecule has 0 aliphatic heterocycles. The van der Waals surface area contributed by atoms with E-state index in [0.717, 1.165) is 29.9 Å². The molecule has 0 saturated heterocycles. The molecule has 8 heteroatoms. The molecule has 0 spiro atoms. The fourth-order valence-corrected chi connectivity index (χ4v) is 3.51. The first-order valence-corrected chi connectivity index (χ1v) is 10.4. The molecule has 1 aliphatic rings. The van der Waals surface area contributed by atoms with Gasteiger partial charge in [0.05, 0.1) is 19.8 Å². The second-order valence-electron chi connectivity index (χ2n) is 7.31. The van der Waals surface area contributed by atoms with E-state index in [4.69, 9.17) is 9.47 Å². The molecule has 0 atom stereocenters. The van der Waals surface area contributed by atoms with Crippen LogP contribution >= 0.6 is 24.0 Å². The van der Waals surface area contributed by atoms with Gasteiger partial charge in [0, 0.05) is 18.7 Å². The van der Waals surface area contributed by atoms with E-state index < -0.39 is 5.82 Å². The van der Waals surface area contributed by atoms with Crippen molar-refractivity contribution in [3.8, 4) is 17.2 Å². The Labute approximate surface area is 200 Å². The largest absolute Gasteiger partial charge is 0.505 e. The molecular weight excluding hydrogens is 512 g/mol. The molecule has 3 N–H and O–H groups in total. The van der Waals surface area contributed by atoms with Crippen LogP contribution in [0.5, 0.6) is 17.2 Å². The van der Waals surface area contributed by atoms with Gasteiger partial charge < -0.3 is 25.2 Å². The summed E-state index contributed by atoms with van der Waals surface area (Å²) in [6.45, 7) is 3.47. The lowest BCUT2D eigenvalue weighted by molar-refractivity contribution is 0.198. The van der Waals surface area contributed by atoms with Crippen molar-refractivity contribution in [2.75, 3.05) is 13.7 Å². The minimum absolute atomic E-state index is 0. The summed E-state index contributed by atoms with van der Waals surface area (Å²) in [6, 6.07) is 10.1. The van der Waals surface area contributed by atoms with Crippen molar-refractivity contribution in [2.24, 2.45) is 4.99 Å². The van der Waals surface area contributed by atoms with Crippen LogP contribution in [0.4, 0.5) is 4.39 Å². The van der Waals surface area contributed by atoms with Gasteiger partial charge in [-0.05, 0) is 56.4 Å². The van der Waals surface area contributed by atoms with Crippen LogP contribution in [0.2, 0.25) is 0 Å². The average Bonchev–Trinajstić information content (AvgIpc) is 3.26. The predicted octanol–water partition coefficient (Wildman–Crippen LogP) is 4.73. The highest BCUT2D eigenvalue weighted by molar-refractivity contribution is 14.0. The van der Waals surface area contributed by atoms with Gasteiger partial charge in [0.25, 0.3) is 0 Å². The Hall–Kier alpha value is -2.23. The van der Waals surface area contributed by atoms with E-state index in [1.807, 2.05) is 25.1 Å². The van der Waals surface area contributed by atoms with Crippen molar-refractivity contribution >= 4 is 29.9 Å². The lowest BCUT2D eigenvalue weighted by Gasteiger charge is -2.20. The van der Waals surface area contributed by atoms with Crippen LogP contribution in [-0.4, -0.2) is 30.8 Å². The number of nitrogens with zero attached hydrogens (tertiary/aromatic N) is 1. The van der Waals surface area contributed by atoms with Gasteiger partial charge in [0.15, 0.2) is 29.0 Å². The second kappa shape index (κ2) is 12.6. The quantitative estimate of drug-likeness (QED) is 0.255. The van der Waals surface area contributed by atoms with Crippen LogP contribution < -0.4 is 20.1 Å². The zero-order valence-electron chi connectivity index (χ0n) is 18.0. The molecule has 3 rings (SSSR count). The fourth-order valence-electron chi connectivity index (χ4n) is 3.51. The number of benzene rings is 2. The number of halogens is 2. The number of hydrogen-bond donors (Lipinski definition) is 3. The Morgan fingerprint density at radius 3 is 2.65 bits per heavy atom. The molecule has 1 saturated carbocycles. The molecule has 2 aromatic rings. The Morgan fingerprint density at radius 1 is 1.19 bits per heavy atom. The first-order chi connectivity index (χ1) is 14.6. The number of aromatic hydroxyl groups is 1. The molecule has 170 valence electrons. The van der Waals surface area contributed by atoms with Gasteiger partial charge in [0.2, 0.25) is 0 Å². The zero-order valence-corrected chi connectivity index (χ0v) is 20.3. The number of phenolic OH excluding ortho intramolecular Hbond substituents is 1.